The number of carboxylic acid groups (broad SMARTS) is 1. The first-order chi connectivity index (χ1) is 6.31. The fourth-order valence-electron chi connectivity index (χ4n) is 0.526. The molecule has 0 aromatic rings. The first-order valence-electron chi connectivity index (χ1n) is 4.49. The van der Waals surface area contributed by atoms with Gasteiger partial charge in [0, 0.05) is 6.42 Å². The van der Waals surface area contributed by atoms with E-state index in [2.05, 4.69) is 5.32 Å². The highest BCUT2D eigenvalue weighted by molar-refractivity contribution is 5.85. The molecule has 0 aromatic heterocycles. The number of halogens is 1. The van der Waals surface area contributed by atoms with Gasteiger partial charge >= 0.3 is 5.97 Å². The van der Waals surface area contributed by atoms with Crippen LogP contribution >= 0.6 is 12.4 Å². The van der Waals surface area contributed by atoms with E-state index < -0.39 is 12.0 Å². The van der Waals surface area contributed by atoms with Crippen LogP contribution in [0.1, 0.15) is 27.2 Å². The summed E-state index contributed by atoms with van der Waals surface area (Å²) < 4.78 is 0. The maximum atomic E-state index is 10.0. The first-order valence-corrected chi connectivity index (χ1v) is 4.49. The first kappa shape index (κ1) is 19.7. The summed E-state index contributed by atoms with van der Waals surface area (Å²) in [6.07, 6.45) is 0.500. The molecule has 4 N–H and O–H groups in total. The molecular weight excluding hydrogens is 220 g/mol. The highest BCUT2D eigenvalue weighted by Crippen LogP contribution is 1.95. The Labute approximate surface area is 96.8 Å². The third-order valence-electron chi connectivity index (χ3n) is 1.41. The van der Waals surface area contributed by atoms with Crippen molar-refractivity contribution in [3.8, 4) is 0 Å². The summed E-state index contributed by atoms with van der Waals surface area (Å²) in [6.45, 7) is 5.51. The van der Waals surface area contributed by atoms with Crippen molar-refractivity contribution in [3.05, 3.63) is 0 Å². The van der Waals surface area contributed by atoms with Crippen LogP contribution in [0.4, 0.5) is 0 Å². The van der Waals surface area contributed by atoms with Crippen LogP contribution in [-0.2, 0) is 9.59 Å². The van der Waals surface area contributed by atoms with Crippen molar-refractivity contribution < 1.29 is 14.7 Å². The number of hydrogen-bond donors (Lipinski definition) is 3. The Morgan fingerprint density at radius 3 is 1.73 bits per heavy atom. The predicted octanol–water partition coefficient (Wildman–Crippen LogP) is 0.619. The normalized spacial score (nSPS) is 10.7. The molecule has 15 heavy (non-hydrogen) atoms. The van der Waals surface area contributed by atoms with Gasteiger partial charge in [0.1, 0.15) is 6.04 Å². The van der Waals surface area contributed by atoms with Crippen molar-refractivity contribution in [1.82, 2.24) is 5.32 Å². The topological polar surface area (TPSA) is 92.4 Å². The Kier molecular flexibility index (Phi) is 14.8. The zero-order valence-electron chi connectivity index (χ0n) is 9.61. The van der Waals surface area contributed by atoms with Gasteiger partial charge in [0.2, 0.25) is 5.91 Å². The van der Waals surface area contributed by atoms with Crippen LogP contribution in [0.5, 0.6) is 0 Å². The van der Waals surface area contributed by atoms with Gasteiger partial charge in [0.25, 0.3) is 0 Å². The maximum Gasteiger partial charge on any atom is 0.320 e. The molecule has 0 aliphatic rings. The van der Waals surface area contributed by atoms with Crippen LogP contribution in [0.25, 0.3) is 0 Å². The molecule has 1 atom stereocenters. The van der Waals surface area contributed by atoms with Crippen LogP contribution < -0.4 is 11.1 Å². The van der Waals surface area contributed by atoms with E-state index in [1.807, 2.05) is 13.8 Å². The van der Waals surface area contributed by atoms with Crippen LogP contribution in [-0.4, -0.2) is 30.1 Å². The molecule has 0 rings (SSSR count). The van der Waals surface area contributed by atoms with Crippen molar-refractivity contribution >= 4 is 24.3 Å². The minimum atomic E-state index is -0.817. The highest BCUT2D eigenvalue weighted by Gasteiger charge is 2.04. The molecule has 0 radical (unpaired) electrons. The van der Waals surface area contributed by atoms with Crippen LogP contribution in [0, 0.1) is 5.92 Å². The lowest BCUT2D eigenvalue weighted by atomic mass is 10.1. The largest absolute Gasteiger partial charge is 0.480 e. The average molecular weight is 241 g/mol. The molecule has 0 aromatic carbocycles. The van der Waals surface area contributed by atoms with Crippen molar-refractivity contribution in [3.63, 3.8) is 0 Å². The Morgan fingerprint density at radius 1 is 1.33 bits per heavy atom. The number of carbonyl (C=O) groups is 2. The quantitative estimate of drug-likeness (QED) is 0.672. The summed E-state index contributed by atoms with van der Waals surface area (Å²) in [6, 6.07) is -0.431. The van der Waals surface area contributed by atoms with Gasteiger partial charge in [-0.3, -0.25) is 9.59 Å². The molecule has 6 heteroatoms. The van der Waals surface area contributed by atoms with E-state index >= 15 is 0 Å². The fraction of sp³-hybridized carbons (Fsp3) is 0.778. The third-order valence-corrected chi connectivity index (χ3v) is 1.41. The molecule has 0 spiro atoms. The van der Waals surface area contributed by atoms with E-state index in [9.17, 15) is 9.59 Å². The number of nitrogens with two attached hydrogens (primary N) is 1. The van der Waals surface area contributed by atoms with E-state index in [0.717, 1.165) is 0 Å². The second-order valence-electron chi connectivity index (χ2n) is 3.41. The fourth-order valence-corrected chi connectivity index (χ4v) is 0.526. The average Bonchev–Trinajstić information content (AvgIpc) is 2.01. The zero-order chi connectivity index (χ0) is 11.7. The summed E-state index contributed by atoms with van der Waals surface area (Å²) >= 11 is 0. The van der Waals surface area contributed by atoms with Crippen molar-refractivity contribution in [2.45, 2.75) is 33.2 Å². The lowest BCUT2D eigenvalue weighted by Crippen LogP contribution is -2.29. The van der Waals surface area contributed by atoms with Gasteiger partial charge in [0.15, 0.2) is 0 Å². The van der Waals surface area contributed by atoms with E-state index in [0.29, 0.717) is 12.3 Å². The van der Waals surface area contributed by atoms with E-state index in [-0.39, 0.29) is 18.3 Å². The summed E-state index contributed by atoms with van der Waals surface area (Å²) in [4.78, 5) is 19.9. The maximum absolute atomic E-state index is 10.0. The van der Waals surface area contributed by atoms with Crippen LogP contribution in [0.3, 0.4) is 0 Å². The van der Waals surface area contributed by atoms with Crippen LogP contribution in [0.2, 0.25) is 0 Å². The Morgan fingerprint density at radius 2 is 1.73 bits per heavy atom. The number of amides is 1. The number of nitrogens with one attached hydrogen (secondary N) is 1. The van der Waals surface area contributed by atoms with E-state index in [4.69, 9.17) is 10.8 Å². The number of carbonyl (C=O) groups excluding carboxylic acids is 1. The summed E-state index contributed by atoms with van der Waals surface area (Å²) in [5.41, 5.74) is 4.85. The monoisotopic (exact) mass is 240 g/mol. The number of aliphatic carboxylic acids is 1. The smallest absolute Gasteiger partial charge is 0.320 e. The van der Waals surface area contributed by atoms with E-state index in [1.165, 1.54) is 0 Å². The molecule has 1 unspecified atom stereocenters. The van der Waals surface area contributed by atoms with Gasteiger partial charge < -0.3 is 16.2 Å². The molecule has 1 amide bonds. The standard InChI is InChI=1S/C5H11NO.C4H9NO2.ClH/c1-4(2)3-5(6)7;1-3(5-2)4(6)7;/h4H,3H2,1-2H3,(H2,6,7);3,5H,1-2H3,(H,6,7);1H. The van der Waals surface area contributed by atoms with Gasteiger partial charge in [0.05, 0.1) is 0 Å². The zero-order valence-corrected chi connectivity index (χ0v) is 10.4. The minimum Gasteiger partial charge on any atom is -0.480 e. The van der Waals surface area contributed by atoms with Crippen LogP contribution in [0.15, 0.2) is 0 Å². The van der Waals surface area contributed by atoms with Gasteiger partial charge in [-0.2, -0.15) is 0 Å². The Balaban J connectivity index is -0.000000180. The molecule has 0 saturated heterocycles. The Hall–Kier alpha value is -0.810. The number of carboxylic acids is 1. The molecule has 0 saturated carbocycles. The molecular formula is C9H21ClN2O3. The predicted molar refractivity (Wildman–Crippen MR) is 62.1 cm³/mol. The second kappa shape index (κ2) is 11.3. The van der Waals surface area contributed by atoms with Crippen molar-refractivity contribution in [2.24, 2.45) is 11.7 Å². The molecule has 5 nitrogen and oxygen atoms in total. The molecule has 92 valence electrons. The summed E-state index contributed by atoms with van der Waals surface area (Å²) in [5.74, 6) is -0.630. The highest BCUT2D eigenvalue weighted by atomic mass is 35.5. The van der Waals surface area contributed by atoms with Gasteiger partial charge in [-0.25, -0.2) is 0 Å². The number of likely N-dealkylation sites (N-methyl/N-ethyl adjacent to an activating group) is 1. The number of hydrogen-bond acceptors (Lipinski definition) is 3. The molecule has 0 fully saturated rings. The lowest BCUT2D eigenvalue weighted by Gasteiger charge is -1.99. The van der Waals surface area contributed by atoms with Gasteiger partial charge in [-0.1, -0.05) is 13.8 Å². The van der Waals surface area contributed by atoms with Crippen molar-refractivity contribution in [1.29, 1.82) is 0 Å². The lowest BCUT2D eigenvalue weighted by molar-refractivity contribution is -0.138. The molecule has 0 aliphatic carbocycles. The van der Waals surface area contributed by atoms with Crippen molar-refractivity contribution in [2.75, 3.05) is 7.05 Å². The Bertz CT molecular complexity index is 186. The SMILES string of the molecule is CC(C)CC(N)=O.CNC(C)C(=O)O.Cl. The summed E-state index contributed by atoms with van der Waals surface area (Å²) in [5, 5.41) is 10.7. The molecule has 0 aliphatic heterocycles. The number of rotatable bonds is 4. The summed E-state index contributed by atoms with van der Waals surface area (Å²) in [7, 11) is 1.61. The van der Waals surface area contributed by atoms with Gasteiger partial charge in [-0.15, -0.1) is 12.4 Å². The minimum absolute atomic E-state index is 0. The molecule has 0 bridgehead atoms. The van der Waals surface area contributed by atoms with Gasteiger partial charge in [-0.05, 0) is 19.9 Å². The van der Waals surface area contributed by atoms with E-state index in [1.54, 1.807) is 14.0 Å². The third kappa shape index (κ3) is 19.6. The number of primary amides is 1. The molecule has 0 heterocycles. The second-order valence-corrected chi connectivity index (χ2v) is 3.41.